The molecule has 4 heteroatoms. The molecule has 0 saturated heterocycles. The Morgan fingerprint density at radius 3 is 3.13 bits per heavy atom. The smallest absolute Gasteiger partial charge is 0.166 e. The van der Waals surface area contributed by atoms with Crippen LogP contribution in [-0.2, 0) is 13.0 Å². The van der Waals surface area contributed by atoms with Crippen LogP contribution < -0.4 is 0 Å². The van der Waals surface area contributed by atoms with Crippen LogP contribution in [0.3, 0.4) is 0 Å². The molecule has 0 N–H and O–H groups in total. The van der Waals surface area contributed by atoms with Gasteiger partial charge in [0.25, 0.3) is 0 Å². The van der Waals surface area contributed by atoms with Crippen LogP contribution in [0.1, 0.15) is 28.1 Å². The Kier molecular flexibility index (Phi) is 2.97. The minimum atomic E-state index is 0.678. The van der Waals surface area contributed by atoms with E-state index in [0.29, 0.717) is 12.2 Å². The average Bonchev–Trinajstić information content (AvgIpc) is 2.87. The second-order valence-electron chi connectivity index (χ2n) is 3.26. The lowest BCUT2D eigenvalue weighted by molar-refractivity contribution is 0.111. The second-order valence-corrected chi connectivity index (χ2v) is 4.21. The van der Waals surface area contributed by atoms with Crippen molar-refractivity contribution in [3.63, 3.8) is 0 Å². The number of thiazole rings is 1. The zero-order chi connectivity index (χ0) is 10.7. The van der Waals surface area contributed by atoms with Crippen molar-refractivity contribution in [2.75, 3.05) is 0 Å². The highest BCUT2D eigenvalue weighted by atomic mass is 32.1. The minimum Gasteiger partial charge on any atom is -0.339 e. The van der Waals surface area contributed by atoms with Crippen molar-refractivity contribution in [2.45, 2.75) is 19.9 Å². The van der Waals surface area contributed by atoms with E-state index in [1.807, 2.05) is 22.2 Å². The fourth-order valence-electron chi connectivity index (χ4n) is 1.44. The van der Waals surface area contributed by atoms with Gasteiger partial charge in [-0.1, -0.05) is 6.92 Å². The predicted octanol–water partition coefficient (Wildman–Crippen LogP) is 2.37. The molecular weight excluding hydrogens is 208 g/mol. The van der Waals surface area contributed by atoms with Gasteiger partial charge in [-0.2, -0.15) is 0 Å². The van der Waals surface area contributed by atoms with Gasteiger partial charge in [0.05, 0.1) is 22.9 Å². The van der Waals surface area contributed by atoms with E-state index in [2.05, 4.69) is 11.9 Å². The molecule has 2 heterocycles. The van der Waals surface area contributed by atoms with Crippen molar-refractivity contribution < 1.29 is 4.79 Å². The molecule has 0 atom stereocenters. The van der Waals surface area contributed by atoms with E-state index in [4.69, 9.17) is 0 Å². The molecule has 2 rings (SSSR count). The highest BCUT2D eigenvalue weighted by Gasteiger charge is 2.03. The van der Waals surface area contributed by atoms with Gasteiger partial charge in [-0.3, -0.25) is 4.79 Å². The molecule has 0 aliphatic rings. The molecule has 2 aromatic rings. The van der Waals surface area contributed by atoms with Crippen LogP contribution in [0, 0.1) is 0 Å². The Labute approximate surface area is 92.4 Å². The molecule has 0 amide bonds. The van der Waals surface area contributed by atoms with Crippen LogP contribution in [0.4, 0.5) is 0 Å². The van der Waals surface area contributed by atoms with E-state index >= 15 is 0 Å². The molecule has 78 valence electrons. The normalized spacial score (nSPS) is 10.5. The van der Waals surface area contributed by atoms with Crippen molar-refractivity contribution in [1.29, 1.82) is 0 Å². The molecule has 15 heavy (non-hydrogen) atoms. The fourth-order valence-corrected chi connectivity index (χ4v) is 2.17. The van der Waals surface area contributed by atoms with Gasteiger partial charge in [-0.25, -0.2) is 4.98 Å². The van der Waals surface area contributed by atoms with Crippen molar-refractivity contribution in [3.05, 3.63) is 40.1 Å². The number of aldehydes is 1. The SMILES string of the molecule is CCc1nc(Cn2cccc2C=O)cs1. The van der Waals surface area contributed by atoms with Gasteiger partial charge in [0.1, 0.15) is 0 Å². The summed E-state index contributed by atoms with van der Waals surface area (Å²) in [6.45, 7) is 2.77. The number of hydrogen-bond acceptors (Lipinski definition) is 3. The zero-order valence-electron chi connectivity index (χ0n) is 8.51. The first-order chi connectivity index (χ1) is 7.33. The Morgan fingerprint density at radius 2 is 2.47 bits per heavy atom. The summed E-state index contributed by atoms with van der Waals surface area (Å²) in [5.41, 5.74) is 1.72. The fraction of sp³-hybridized carbons (Fsp3) is 0.273. The van der Waals surface area contributed by atoms with E-state index in [-0.39, 0.29) is 0 Å². The van der Waals surface area contributed by atoms with Crippen LogP contribution in [0.15, 0.2) is 23.7 Å². The first-order valence-electron chi connectivity index (χ1n) is 4.87. The third kappa shape index (κ3) is 2.15. The van der Waals surface area contributed by atoms with E-state index in [1.54, 1.807) is 17.4 Å². The summed E-state index contributed by atoms with van der Waals surface area (Å²) < 4.78 is 1.90. The quantitative estimate of drug-likeness (QED) is 0.741. The second kappa shape index (κ2) is 4.40. The Balaban J connectivity index is 2.17. The van der Waals surface area contributed by atoms with Crippen LogP contribution in [-0.4, -0.2) is 15.8 Å². The summed E-state index contributed by atoms with van der Waals surface area (Å²) in [5, 5.41) is 3.19. The standard InChI is InChI=1S/C11H12N2OS/c1-2-11-12-9(8-15-11)6-13-5-3-4-10(13)7-14/h3-5,7-8H,2,6H2,1H3. The highest BCUT2D eigenvalue weighted by Crippen LogP contribution is 2.12. The summed E-state index contributed by atoms with van der Waals surface area (Å²) in [4.78, 5) is 15.2. The number of nitrogens with zero attached hydrogens (tertiary/aromatic N) is 2. The maximum atomic E-state index is 10.7. The van der Waals surface area contributed by atoms with Gasteiger partial charge in [0.15, 0.2) is 6.29 Å². The zero-order valence-corrected chi connectivity index (χ0v) is 9.33. The molecule has 0 spiro atoms. The first kappa shape index (κ1) is 10.1. The van der Waals surface area contributed by atoms with Crippen molar-refractivity contribution >= 4 is 17.6 Å². The predicted molar refractivity (Wildman–Crippen MR) is 60.4 cm³/mol. The Bertz CT molecular complexity index is 459. The third-order valence-electron chi connectivity index (χ3n) is 2.22. The molecule has 0 aliphatic heterocycles. The number of aromatic nitrogens is 2. The molecule has 0 fully saturated rings. The monoisotopic (exact) mass is 220 g/mol. The molecule has 3 nitrogen and oxygen atoms in total. The molecule has 2 aromatic heterocycles. The average molecular weight is 220 g/mol. The lowest BCUT2D eigenvalue weighted by Crippen LogP contribution is -2.02. The van der Waals surface area contributed by atoms with E-state index < -0.39 is 0 Å². The Hall–Kier alpha value is -1.42. The lowest BCUT2D eigenvalue weighted by Gasteiger charge is -2.01. The summed E-state index contributed by atoms with van der Waals surface area (Å²) in [6.07, 6.45) is 3.73. The van der Waals surface area contributed by atoms with Gasteiger partial charge in [0, 0.05) is 11.6 Å². The van der Waals surface area contributed by atoms with Crippen LogP contribution in [0.25, 0.3) is 0 Å². The molecule has 0 saturated carbocycles. The largest absolute Gasteiger partial charge is 0.339 e. The van der Waals surface area contributed by atoms with E-state index in [9.17, 15) is 4.79 Å². The van der Waals surface area contributed by atoms with Crippen molar-refractivity contribution in [3.8, 4) is 0 Å². The maximum Gasteiger partial charge on any atom is 0.166 e. The first-order valence-corrected chi connectivity index (χ1v) is 5.75. The highest BCUT2D eigenvalue weighted by molar-refractivity contribution is 7.09. The van der Waals surface area contributed by atoms with Crippen LogP contribution >= 0.6 is 11.3 Å². The van der Waals surface area contributed by atoms with Gasteiger partial charge in [-0.15, -0.1) is 11.3 Å². The number of aryl methyl sites for hydroxylation is 1. The summed E-state index contributed by atoms with van der Waals surface area (Å²) >= 11 is 1.67. The van der Waals surface area contributed by atoms with Crippen LogP contribution in [0.2, 0.25) is 0 Å². The molecule has 0 unspecified atom stereocenters. The van der Waals surface area contributed by atoms with Crippen molar-refractivity contribution in [2.24, 2.45) is 0 Å². The van der Waals surface area contributed by atoms with E-state index in [1.165, 1.54) is 0 Å². The maximum absolute atomic E-state index is 10.7. The van der Waals surface area contributed by atoms with Gasteiger partial charge >= 0.3 is 0 Å². The number of carbonyl (C=O) groups excluding carboxylic acids is 1. The summed E-state index contributed by atoms with van der Waals surface area (Å²) in [6, 6.07) is 3.68. The molecular formula is C11H12N2OS. The molecule has 0 bridgehead atoms. The molecule has 0 aromatic carbocycles. The number of carbonyl (C=O) groups is 1. The molecule has 0 radical (unpaired) electrons. The third-order valence-corrected chi connectivity index (χ3v) is 3.26. The minimum absolute atomic E-state index is 0.678. The summed E-state index contributed by atoms with van der Waals surface area (Å²) in [5.74, 6) is 0. The van der Waals surface area contributed by atoms with E-state index in [0.717, 1.165) is 23.4 Å². The Morgan fingerprint density at radius 1 is 1.60 bits per heavy atom. The topological polar surface area (TPSA) is 34.9 Å². The van der Waals surface area contributed by atoms with Crippen molar-refractivity contribution in [1.82, 2.24) is 9.55 Å². The van der Waals surface area contributed by atoms with Crippen LogP contribution in [0.5, 0.6) is 0 Å². The molecule has 0 aliphatic carbocycles. The van der Waals surface area contributed by atoms with Gasteiger partial charge in [0.2, 0.25) is 0 Å². The van der Waals surface area contributed by atoms with Gasteiger partial charge in [-0.05, 0) is 18.6 Å². The van der Waals surface area contributed by atoms with Gasteiger partial charge < -0.3 is 4.57 Å². The lowest BCUT2D eigenvalue weighted by atomic mass is 10.4. The number of rotatable bonds is 4. The summed E-state index contributed by atoms with van der Waals surface area (Å²) in [7, 11) is 0. The number of hydrogen-bond donors (Lipinski definition) is 0.